The van der Waals surface area contributed by atoms with Gasteiger partial charge < -0.3 is 13.9 Å². The minimum absolute atomic E-state index is 0.0272. The van der Waals surface area contributed by atoms with Crippen LogP contribution in [-0.2, 0) is 4.74 Å². The zero-order valence-corrected chi connectivity index (χ0v) is 12.5. The standard InChI is InChI=1S/C16H14FNO5/c1-9-8-18(11-5-3-4-10(17)14(11)22-9)15(19)12-6-7-13(23-12)16(20)21-2/h3-7,9H,8H2,1-2H3. The number of carbonyl (C=O) groups is 2. The highest BCUT2D eigenvalue weighted by atomic mass is 19.1. The third-order valence-corrected chi connectivity index (χ3v) is 3.44. The number of halogens is 1. The summed E-state index contributed by atoms with van der Waals surface area (Å²) in [5, 5.41) is 0. The molecular weight excluding hydrogens is 305 g/mol. The Hall–Kier alpha value is -2.83. The van der Waals surface area contributed by atoms with Crippen molar-refractivity contribution in [1.82, 2.24) is 0 Å². The molecule has 1 aromatic heterocycles. The summed E-state index contributed by atoms with van der Waals surface area (Å²) in [5.41, 5.74) is 0.323. The smallest absolute Gasteiger partial charge is 0.373 e. The number of esters is 1. The average Bonchev–Trinajstić information content (AvgIpc) is 3.03. The summed E-state index contributed by atoms with van der Waals surface area (Å²) in [6, 6.07) is 7.09. The van der Waals surface area contributed by atoms with Gasteiger partial charge in [-0.15, -0.1) is 0 Å². The molecule has 0 N–H and O–H groups in total. The molecule has 0 bridgehead atoms. The van der Waals surface area contributed by atoms with E-state index in [-0.39, 0.29) is 29.9 Å². The highest BCUT2D eigenvalue weighted by Crippen LogP contribution is 2.36. The van der Waals surface area contributed by atoms with E-state index in [1.807, 2.05) is 0 Å². The Morgan fingerprint density at radius 1 is 1.26 bits per heavy atom. The van der Waals surface area contributed by atoms with Crippen LogP contribution in [0.1, 0.15) is 28.0 Å². The Kier molecular flexibility index (Phi) is 3.77. The van der Waals surface area contributed by atoms with Gasteiger partial charge in [-0.05, 0) is 31.2 Å². The number of methoxy groups -OCH3 is 1. The van der Waals surface area contributed by atoms with Crippen LogP contribution in [0.15, 0.2) is 34.7 Å². The number of ether oxygens (including phenoxy) is 2. The highest BCUT2D eigenvalue weighted by Gasteiger charge is 2.32. The lowest BCUT2D eigenvalue weighted by molar-refractivity contribution is 0.0562. The Labute approximate surface area is 131 Å². The van der Waals surface area contributed by atoms with Gasteiger partial charge in [-0.1, -0.05) is 6.07 Å². The molecule has 0 radical (unpaired) electrons. The fourth-order valence-corrected chi connectivity index (χ4v) is 2.41. The van der Waals surface area contributed by atoms with Gasteiger partial charge in [0.15, 0.2) is 17.3 Å². The normalized spacial score (nSPS) is 16.5. The molecule has 7 heteroatoms. The van der Waals surface area contributed by atoms with Crippen LogP contribution in [-0.4, -0.2) is 31.6 Å². The van der Waals surface area contributed by atoms with Crippen molar-refractivity contribution in [2.24, 2.45) is 0 Å². The quantitative estimate of drug-likeness (QED) is 0.796. The molecule has 1 aliphatic rings. The second-order valence-electron chi connectivity index (χ2n) is 5.09. The van der Waals surface area contributed by atoms with Gasteiger partial charge in [-0.2, -0.15) is 0 Å². The molecule has 3 rings (SSSR count). The minimum atomic E-state index is -0.675. The van der Waals surface area contributed by atoms with Gasteiger partial charge in [0.05, 0.1) is 19.3 Å². The molecule has 0 fully saturated rings. The van der Waals surface area contributed by atoms with E-state index in [4.69, 9.17) is 9.15 Å². The lowest BCUT2D eigenvalue weighted by Gasteiger charge is -2.33. The molecule has 23 heavy (non-hydrogen) atoms. The number of anilines is 1. The first-order chi connectivity index (χ1) is 11.0. The first kappa shape index (κ1) is 15.1. The molecule has 2 aromatic rings. The maximum Gasteiger partial charge on any atom is 0.373 e. The van der Waals surface area contributed by atoms with Gasteiger partial charge in [0.1, 0.15) is 6.10 Å². The van der Waals surface area contributed by atoms with Gasteiger partial charge in [0.2, 0.25) is 5.76 Å². The Morgan fingerprint density at radius 3 is 2.74 bits per heavy atom. The number of carbonyl (C=O) groups excluding carboxylic acids is 2. The van der Waals surface area contributed by atoms with Crippen LogP contribution in [0.4, 0.5) is 10.1 Å². The number of para-hydroxylation sites is 1. The monoisotopic (exact) mass is 319 g/mol. The maximum atomic E-state index is 13.9. The van der Waals surface area contributed by atoms with E-state index in [2.05, 4.69) is 4.74 Å². The van der Waals surface area contributed by atoms with Crippen LogP contribution in [0.2, 0.25) is 0 Å². The second-order valence-corrected chi connectivity index (χ2v) is 5.09. The number of amides is 1. The molecule has 1 aliphatic heterocycles. The lowest BCUT2D eigenvalue weighted by atomic mass is 10.2. The highest BCUT2D eigenvalue weighted by molar-refractivity contribution is 6.06. The summed E-state index contributed by atoms with van der Waals surface area (Å²) in [7, 11) is 1.22. The van der Waals surface area contributed by atoms with E-state index < -0.39 is 17.7 Å². The summed E-state index contributed by atoms with van der Waals surface area (Å²) in [6.07, 6.45) is -0.376. The van der Waals surface area contributed by atoms with Crippen molar-refractivity contribution in [1.29, 1.82) is 0 Å². The minimum Gasteiger partial charge on any atom is -0.484 e. The van der Waals surface area contributed by atoms with E-state index in [0.717, 1.165) is 0 Å². The topological polar surface area (TPSA) is 69.0 Å². The third-order valence-electron chi connectivity index (χ3n) is 3.44. The van der Waals surface area contributed by atoms with Crippen molar-refractivity contribution in [3.05, 3.63) is 47.7 Å². The van der Waals surface area contributed by atoms with Crippen LogP contribution >= 0.6 is 0 Å². The molecule has 2 heterocycles. The predicted molar refractivity (Wildman–Crippen MR) is 78.2 cm³/mol. The van der Waals surface area contributed by atoms with Gasteiger partial charge in [-0.25, -0.2) is 9.18 Å². The molecule has 0 spiro atoms. The summed E-state index contributed by atoms with van der Waals surface area (Å²) >= 11 is 0. The Balaban J connectivity index is 1.96. The third kappa shape index (κ3) is 2.65. The molecule has 0 aliphatic carbocycles. The number of fused-ring (bicyclic) bond motifs is 1. The molecular formula is C16H14FNO5. The lowest BCUT2D eigenvalue weighted by Crippen LogP contribution is -2.42. The second kappa shape index (κ2) is 5.75. The van der Waals surface area contributed by atoms with Gasteiger partial charge in [0, 0.05) is 0 Å². The predicted octanol–water partition coefficient (Wildman–Crippen LogP) is 2.63. The first-order valence-corrected chi connectivity index (χ1v) is 6.96. The van der Waals surface area contributed by atoms with Crippen molar-refractivity contribution in [2.45, 2.75) is 13.0 Å². The number of nitrogens with zero attached hydrogens (tertiary/aromatic N) is 1. The molecule has 120 valence electrons. The fraction of sp³-hybridized carbons (Fsp3) is 0.250. The molecule has 0 saturated heterocycles. The number of hydrogen-bond acceptors (Lipinski definition) is 5. The summed E-state index contributed by atoms with van der Waals surface area (Å²) in [6.45, 7) is 1.97. The van der Waals surface area contributed by atoms with Crippen molar-refractivity contribution in [2.75, 3.05) is 18.6 Å². The molecule has 0 saturated carbocycles. The SMILES string of the molecule is COC(=O)c1ccc(C(=O)N2CC(C)Oc3c(F)cccc32)o1. The van der Waals surface area contributed by atoms with Gasteiger partial charge >= 0.3 is 5.97 Å². The molecule has 1 amide bonds. The fourth-order valence-electron chi connectivity index (χ4n) is 2.41. The van der Waals surface area contributed by atoms with Crippen LogP contribution in [0.3, 0.4) is 0 Å². The number of furan rings is 1. The van der Waals surface area contributed by atoms with Crippen LogP contribution < -0.4 is 9.64 Å². The molecule has 1 aromatic carbocycles. The summed E-state index contributed by atoms with van der Waals surface area (Å²) < 4.78 is 29.1. The van der Waals surface area contributed by atoms with Gasteiger partial charge in [0.25, 0.3) is 5.91 Å². The zero-order valence-electron chi connectivity index (χ0n) is 12.5. The van der Waals surface area contributed by atoms with Crippen molar-refractivity contribution in [3.8, 4) is 5.75 Å². The Bertz CT molecular complexity index is 770. The molecule has 1 unspecified atom stereocenters. The number of hydrogen-bond donors (Lipinski definition) is 0. The van der Waals surface area contributed by atoms with E-state index >= 15 is 0 Å². The van der Waals surface area contributed by atoms with Crippen molar-refractivity contribution >= 4 is 17.6 Å². The molecule has 6 nitrogen and oxygen atoms in total. The van der Waals surface area contributed by atoms with Crippen LogP contribution in [0.5, 0.6) is 5.75 Å². The summed E-state index contributed by atoms with van der Waals surface area (Å²) in [4.78, 5) is 25.4. The van der Waals surface area contributed by atoms with Crippen LogP contribution in [0, 0.1) is 5.82 Å². The van der Waals surface area contributed by atoms with E-state index in [9.17, 15) is 14.0 Å². The van der Waals surface area contributed by atoms with Crippen LogP contribution in [0.25, 0.3) is 0 Å². The van der Waals surface area contributed by atoms with Crippen molar-refractivity contribution in [3.63, 3.8) is 0 Å². The summed E-state index contributed by atoms with van der Waals surface area (Å²) in [5.74, 6) is -1.78. The largest absolute Gasteiger partial charge is 0.484 e. The van der Waals surface area contributed by atoms with E-state index in [1.54, 1.807) is 13.0 Å². The van der Waals surface area contributed by atoms with E-state index in [0.29, 0.717) is 5.69 Å². The van der Waals surface area contributed by atoms with E-state index in [1.165, 1.54) is 36.3 Å². The number of benzene rings is 1. The first-order valence-electron chi connectivity index (χ1n) is 6.96. The van der Waals surface area contributed by atoms with Crippen molar-refractivity contribution < 1.29 is 27.9 Å². The Morgan fingerprint density at radius 2 is 2.00 bits per heavy atom. The molecule has 1 atom stereocenters. The maximum absolute atomic E-state index is 13.9. The number of rotatable bonds is 2. The van der Waals surface area contributed by atoms with Gasteiger partial charge in [-0.3, -0.25) is 9.69 Å². The zero-order chi connectivity index (χ0) is 16.6. The average molecular weight is 319 g/mol.